The summed E-state index contributed by atoms with van der Waals surface area (Å²) in [4.78, 5) is 7.11. The molecule has 0 aromatic carbocycles. The Labute approximate surface area is 100 Å². The number of hydrogen-bond donors (Lipinski definition) is 5. The van der Waals surface area contributed by atoms with Gasteiger partial charge in [0, 0.05) is 24.4 Å². The van der Waals surface area contributed by atoms with E-state index in [0.29, 0.717) is 0 Å². The second kappa shape index (κ2) is 4.85. The fourth-order valence-corrected chi connectivity index (χ4v) is 2.21. The van der Waals surface area contributed by atoms with Crippen molar-refractivity contribution in [2.75, 3.05) is 0 Å². The summed E-state index contributed by atoms with van der Waals surface area (Å²) in [5.74, 6) is 1.06. The molecule has 6 heteroatoms. The van der Waals surface area contributed by atoms with Crippen LogP contribution in [0.1, 0.15) is 31.6 Å². The Morgan fingerprint density at radius 3 is 2.94 bits per heavy atom. The number of aromatic nitrogens is 2. The molecular weight excluding hydrogens is 218 g/mol. The average molecular weight is 237 g/mol. The van der Waals surface area contributed by atoms with Crippen molar-refractivity contribution < 1.29 is 5.11 Å². The van der Waals surface area contributed by atoms with E-state index in [9.17, 15) is 5.11 Å². The summed E-state index contributed by atoms with van der Waals surface area (Å²) in [6.07, 6.45) is 4.37. The fourth-order valence-electron chi connectivity index (χ4n) is 2.21. The van der Waals surface area contributed by atoms with Crippen LogP contribution in [0, 0.1) is 11.3 Å². The molecule has 0 spiro atoms. The van der Waals surface area contributed by atoms with Crippen LogP contribution in [0.3, 0.4) is 0 Å². The van der Waals surface area contributed by atoms with Crippen LogP contribution in [-0.2, 0) is 0 Å². The highest BCUT2D eigenvalue weighted by Gasteiger charge is 2.35. The van der Waals surface area contributed by atoms with E-state index in [1.807, 2.05) is 6.92 Å². The number of aliphatic hydroxyl groups is 1. The minimum Gasteiger partial charge on any atom is -0.385 e. The van der Waals surface area contributed by atoms with Gasteiger partial charge >= 0.3 is 0 Å². The first-order chi connectivity index (χ1) is 8.09. The number of nitrogens with zero attached hydrogens (tertiary/aromatic N) is 1. The Morgan fingerprint density at radius 2 is 2.41 bits per heavy atom. The van der Waals surface area contributed by atoms with Gasteiger partial charge in [-0.05, 0) is 12.8 Å². The van der Waals surface area contributed by atoms with Gasteiger partial charge < -0.3 is 21.1 Å². The van der Waals surface area contributed by atoms with E-state index in [1.165, 1.54) is 0 Å². The molecule has 2 heterocycles. The number of H-pyrrole nitrogens is 1. The maximum absolute atomic E-state index is 9.65. The van der Waals surface area contributed by atoms with Gasteiger partial charge in [-0.15, -0.1) is 0 Å². The average Bonchev–Trinajstić information content (AvgIpc) is 2.91. The van der Waals surface area contributed by atoms with Crippen molar-refractivity contribution in [3.8, 4) is 0 Å². The van der Waals surface area contributed by atoms with Crippen LogP contribution >= 0.6 is 0 Å². The predicted octanol–water partition coefficient (Wildman–Crippen LogP) is 0.136. The number of nitrogens with two attached hydrogens (primary N) is 1. The molecule has 2 rings (SSSR count). The third-order valence-electron chi connectivity index (χ3n) is 3.43. The van der Waals surface area contributed by atoms with Gasteiger partial charge in [-0.1, -0.05) is 6.92 Å². The Morgan fingerprint density at radius 1 is 1.65 bits per heavy atom. The predicted molar refractivity (Wildman–Crippen MR) is 64.6 cm³/mol. The molecule has 1 aliphatic heterocycles. The summed E-state index contributed by atoms with van der Waals surface area (Å²) in [6.45, 7) is 1.95. The van der Waals surface area contributed by atoms with Crippen molar-refractivity contribution in [2.24, 2.45) is 11.7 Å². The van der Waals surface area contributed by atoms with Crippen LogP contribution in [0.5, 0.6) is 0 Å². The Hall–Kier alpha value is -1.40. The standard InChI is InChI=1S/C11H19N5O/c1-6-8(16-10(13)9(6)17)3-2-7(12)11-14-4-5-15-11/h4-9,17H,2-3,12H2,1H3,(H2,13,16)(H,14,15)/t6-,7?,8+,9-/m1/s1. The number of nitrogens with one attached hydrogen (secondary N) is 3. The van der Waals surface area contributed by atoms with Gasteiger partial charge in [0.2, 0.25) is 0 Å². The van der Waals surface area contributed by atoms with Crippen molar-refractivity contribution in [1.29, 1.82) is 5.41 Å². The molecule has 1 aromatic heterocycles. The largest absolute Gasteiger partial charge is 0.385 e. The summed E-state index contributed by atoms with van der Waals surface area (Å²) in [5.41, 5.74) is 5.99. The normalized spacial score (nSPS) is 30.3. The summed E-state index contributed by atoms with van der Waals surface area (Å²) in [5, 5.41) is 20.2. The summed E-state index contributed by atoms with van der Waals surface area (Å²) >= 11 is 0. The lowest BCUT2D eigenvalue weighted by atomic mass is 9.95. The minimum absolute atomic E-state index is 0.0614. The van der Waals surface area contributed by atoms with E-state index in [-0.39, 0.29) is 23.8 Å². The zero-order valence-electron chi connectivity index (χ0n) is 9.85. The summed E-state index contributed by atoms with van der Waals surface area (Å²) < 4.78 is 0. The Bertz CT molecular complexity index is 377. The highest BCUT2D eigenvalue weighted by molar-refractivity contribution is 5.86. The monoisotopic (exact) mass is 237 g/mol. The lowest BCUT2D eigenvalue weighted by Gasteiger charge is -2.17. The number of amidine groups is 1. The van der Waals surface area contributed by atoms with Gasteiger partial charge in [0.25, 0.3) is 0 Å². The van der Waals surface area contributed by atoms with Crippen LogP contribution in [0.2, 0.25) is 0 Å². The summed E-state index contributed by atoms with van der Waals surface area (Å²) in [7, 11) is 0. The lowest BCUT2D eigenvalue weighted by molar-refractivity contribution is 0.179. The van der Waals surface area contributed by atoms with Crippen LogP contribution in [-0.4, -0.2) is 33.1 Å². The molecule has 0 aliphatic carbocycles. The molecule has 1 aromatic rings. The molecule has 6 nitrogen and oxygen atoms in total. The third kappa shape index (κ3) is 2.48. The van der Waals surface area contributed by atoms with Crippen molar-refractivity contribution >= 4 is 5.84 Å². The maximum Gasteiger partial charge on any atom is 0.123 e. The first-order valence-electron chi connectivity index (χ1n) is 5.87. The van der Waals surface area contributed by atoms with Crippen molar-refractivity contribution in [3.63, 3.8) is 0 Å². The molecule has 4 atom stereocenters. The molecule has 0 bridgehead atoms. The molecular formula is C11H19N5O. The van der Waals surface area contributed by atoms with Crippen molar-refractivity contribution in [2.45, 2.75) is 38.0 Å². The lowest BCUT2D eigenvalue weighted by Crippen LogP contribution is -2.29. The van der Waals surface area contributed by atoms with E-state index in [4.69, 9.17) is 11.1 Å². The molecule has 1 aliphatic rings. The van der Waals surface area contributed by atoms with Gasteiger partial charge in [-0.25, -0.2) is 4.98 Å². The topological polar surface area (TPSA) is 111 Å². The highest BCUT2D eigenvalue weighted by atomic mass is 16.3. The zero-order valence-corrected chi connectivity index (χ0v) is 9.85. The SMILES string of the molecule is C[C@@H]1[C@H](CCC(N)c2ncc[nH]2)NC(=N)[C@@H]1O. The van der Waals surface area contributed by atoms with E-state index in [2.05, 4.69) is 15.3 Å². The minimum atomic E-state index is -0.667. The van der Waals surface area contributed by atoms with Gasteiger partial charge in [0.1, 0.15) is 17.8 Å². The van der Waals surface area contributed by atoms with Crippen molar-refractivity contribution in [3.05, 3.63) is 18.2 Å². The van der Waals surface area contributed by atoms with Crippen LogP contribution in [0.15, 0.2) is 12.4 Å². The molecule has 0 radical (unpaired) electrons. The number of rotatable bonds is 4. The quantitative estimate of drug-likeness (QED) is 0.512. The third-order valence-corrected chi connectivity index (χ3v) is 3.43. The summed E-state index contributed by atoms with van der Waals surface area (Å²) in [6, 6.07) is 0.00411. The smallest absolute Gasteiger partial charge is 0.123 e. The van der Waals surface area contributed by atoms with Crippen LogP contribution in [0.25, 0.3) is 0 Å². The molecule has 1 saturated heterocycles. The van der Waals surface area contributed by atoms with Crippen LogP contribution in [0.4, 0.5) is 0 Å². The number of aromatic amines is 1. The second-order valence-electron chi connectivity index (χ2n) is 4.63. The molecule has 0 amide bonds. The van der Waals surface area contributed by atoms with Gasteiger partial charge in [0.05, 0.1) is 6.04 Å². The Balaban J connectivity index is 1.85. The Kier molecular flexibility index (Phi) is 3.44. The van der Waals surface area contributed by atoms with E-state index in [0.717, 1.165) is 18.7 Å². The molecule has 1 fully saturated rings. The molecule has 0 saturated carbocycles. The molecule has 17 heavy (non-hydrogen) atoms. The van der Waals surface area contributed by atoms with E-state index >= 15 is 0 Å². The van der Waals surface area contributed by atoms with Gasteiger partial charge in [-0.2, -0.15) is 0 Å². The highest BCUT2D eigenvalue weighted by Crippen LogP contribution is 2.23. The molecule has 1 unspecified atom stereocenters. The first-order valence-corrected chi connectivity index (χ1v) is 5.87. The van der Waals surface area contributed by atoms with Crippen molar-refractivity contribution in [1.82, 2.24) is 15.3 Å². The number of imidazole rings is 1. The number of hydrogen-bond acceptors (Lipinski definition) is 4. The van der Waals surface area contributed by atoms with Gasteiger partial charge in [-0.3, -0.25) is 5.41 Å². The number of aliphatic hydroxyl groups excluding tert-OH is 1. The zero-order chi connectivity index (χ0) is 12.4. The van der Waals surface area contributed by atoms with E-state index < -0.39 is 6.10 Å². The van der Waals surface area contributed by atoms with E-state index in [1.54, 1.807) is 12.4 Å². The van der Waals surface area contributed by atoms with Gasteiger partial charge in [0.15, 0.2) is 0 Å². The first kappa shape index (κ1) is 12.1. The second-order valence-corrected chi connectivity index (χ2v) is 4.63. The maximum atomic E-state index is 9.65. The molecule has 94 valence electrons. The molecule has 6 N–H and O–H groups in total. The fraction of sp³-hybridized carbons (Fsp3) is 0.636. The van der Waals surface area contributed by atoms with Crippen LogP contribution < -0.4 is 11.1 Å².